The van der Waals surface area contributed by atoms with Crippen LogP contribution in [-0.2, 0) is 0 Å². The molecular formula is C28H34N2O3. The summed E-state index contributed by atoms with van der Waals surface area (Å²) in [7, 11) is 0. The summed E-state index contributed by atoms with van der Waals surface area (Å²) in [5, 5.41) is 3.56. The molecule has 3 aromatic rings. The van der Waals surface area contributed by atoms with Crippen molar-refractivity contribution in [3.8, 4) is 0 Å². The fraction of sp³-hybridized carbons (Fsp3) is 0.429. The van der Waals surface area contributed by atoms with Gasteiger partial charge < -0.3 is 9.73 Å². The SMILES string of the molecule is Cc1cc(C)c2oc(C(=O)NCC(c3ccc(C(C)C)cc3)N3CCCCC3)cc(=O)c2c1. The number of likely N-dealkylation sites (tertiary alicyclic amines) is 1. The van der Waals surface area contributed by atoms with Gasteiger partial charge in [0.15, 0.2) is 11.2 Å². The second kappa shape index (κ2) is 9.92. The van der Waals surface area contributed by atoms with E-state index in [4.69, 9.17) is 4.42 Å². The van der Waals surface area contributed by atoms with Crippen LogP contribution in [0.3, 0.4) is 0 Å². The smallest absolute Gasteiger partial charge is 0.287 e. The van der Waals surface area contributed by atoms with Gasteiger partial charge in [0.05, 0.1) is 11.4 Å². The highest BCUT2D eigenvalue weighted by Gasteiger charge is 2.24. The first-order valence-electron chi connectivity index (χ1n) is 12.0. The maximum atomic E-state index is 13.0. The van der Waals surface area contributed by atoms with Gasteiger partial charge in [-0.3, -0.25) is 14.5 Å². The molecule has 2 heterocycles. The normalized spacial score (nSPS) is 15.7. The van der Waals surface area contributed by atoms with Crippen LogP contribution in [0.4, 0.5) is 0 Å². The molecule has 1 aromatic heterocycles. The van der Waals surface area contributed by atoms with Gasteiger partial charge in [0.2, 0.25) is 0 Å². The van der Waals surface area contributed by atoms with Crippen molar-refractivity contribution in [3.63, 3.8) is 0 Å². The lowest BCUT2D eigenvalue weighted by molar-refractivity contribution is 0.0897. The number of fused-ring (bicyclic) bond motifs is 1. The van der Waals surface area contributed by atoms with Crippen molar-refractivity contribution in [1.82, 2.24) is 10.2 Å². The van der Waals surface area contributed by atoms with Crippen LogP contribution in [0.5, 0.6) is 0 Å². The average Bonchev–Trinajstić information content (AvgIpc) is 2.80. The first kappa shape index (κ1) is 23.2. The van der Waals surface area contributed by atoms with Gasteiger partial charge >= 0.3 is 0 Å². The van der Waals surface area contributed by atoms with Crippen molar-refractivity contribution < 1.29 is 9.21 Å². The number of carbonyl (C=O) groups excluding carboxylic acids is 1. The lowest BCUT2D eigenvalue weighted by Crippen LogP contribution is -2.40. The number of carbonyl (C=O) groups is 1. The summed E-state index contributed by atoms with van der Waals surface area (Å²) in [6.07, 6.45) is 3.60. The maximum absolute atomic E-state index is 13.0. The van der Waals surface area contributed by atoms with Crippen LogP contribution in [0.15, 0.2) is 51.7 Å². The number of amides is 1. The van der Waals surface area contributed by atoms with E-state index in [-0.39, 0.29) is 23.1 Å². The van der Waals surface area contributed by atoms with E-state index < -0.39 is 0 Å². The molecule has 5 heteroatoms. The third kappa shape index (κ3) is 5.19. The van der Waals surface area contributed by atoms with E-state index in [0.29, 0.717) is 23.4 Å². The Morgan fingerprint density at radius 1 is 1.00 bits per heavy atom. The molecule has 1 amide bonds. The highest BCUT2D eigenvalue weighted by molar-refractivity contribution is 5.93. The summed E-state index contributed by atoms with van der Waals surface area (Å²) < 4.78 is 5.89. The fourth-order valence-electron chi connectivity index (χ4n) is 4.79. The second-order valence-corrected chi connectivity index (χ2v) is 9.58. The summed E-state index contributed by atoms with van der Waals surface area (Å²) >= 11 is 0. The lowest BCUT2D eigenvalue weighted by atomic mass is 9.97. The Morgan fingerprint density at radius 2 is 1.67 bits per heavy atom. The number of nitrogens with zero attached hydrogens (tertiary/aromatic N) is 1. The van der Waals surface area contributed by atoms with Gasteiger partial charge in [-0.05, 0) is 74.0 Å². The van der Waals surface area contributed by atoms with Crippen molar-refractivity contribution in [3.05, 3.63) is 80.7 Å². The molecule has 1 N–H and O–H groups in total. The molecule has 0 saturated carbocycles. The Balaban J connectivity index is 1.57. The molecule has 2 aromatic carbocycles. The van der Waals surface area contributed by atoms with Gasteiger partial charge in [-0.15, -0.1) is 0 Å². The fourth-order valence-corrected chi connectivity index (χ4v) is 4.79. The number of aryl methyl sites for hydroxylation is 2. The van der Waals surface area contributed by atoms with Crippen molar-refractivity contribution in [2.75, 3.05) is 19.6 Å². The Bertz CT molecular complexity index is 1190. The highest BCUT2D eigenvalue weighted by atomic mass is 16.3. The minimum absolute atomic E-state index is 0.0620. The minimum atomic E-state index is -0.352. The molecule has 1 atom stereocenters. The molecule has 5 nitrogen and oxygen atoms in total. The van der Waals surface area contributed by atoms with E-state index in [0.717, 1.165) is 24.2 Å². The van der Waals surface area contributed by atoms with Gasteiger partial charge in [0.1, 0.15) is 5.58 Å². The standard InChI is InChI=1S/C28H34N2O3/c1-18(2)21-8-10-22(11-9-21)24(30-12-6-5-7-13-30)17-29-28(32)26-16-25(31)23-15-19(3)14-20(4)27(23)33-26/h8-11,14-16,18,24H,5-7,12-13,17H2,1-4H3,(H,29,32). The van der Waals surface area contributed by atoms with E-state index in [2.05, 4.69) is 48.3 Å². The second-order valence-electron chi connectivity index (χ2n) is 9.58. The zero-order valence-electron chi connectivity index (χ0n) is 20.1. The number of benzene rings is 2. The first-order chi connectivity index (χ1) is 15.8. The quantitative estimate of drug-likeness (QED) is 0.544. The van der Waals surface area contributed by atoms with Crippen LogP contribution < -0.4 is 10.7 Å². The monoisotopic (exact) mass is 446 g/mol. The lowest BCUT2D eigenvalue weighted by Gasteiger charge is -2.35. The molecule has 4 rings (SSSR count). The molecule has 1 aliphatic rings. The molecule has 0 spiro atoms. The summed E-state index contributed by atoms with van der Waals surface area (Å²) in [6, 6.07) is 13.9. The summed E-state index contributed by atoms with van der Waals surface area (Å²) in [5.41, 5.74) is 4.65. The molecule has 1 saturated heterocycles. The van der Waals surface area contributed by atoms with Crippen LogP contribution in [-0.4, -0.2) is 30.4 Å². The molecule has 33 heavy (non-hydrogen) atoms. The molecule has 0 bridgehead atoms. The maximum Gasteiger partial charge on any atom is 0.287 e. The Hall–Kier alpha value is -2.92. The summed E-state index contributed by atoms with van der Waals surface area (Å²) in [5.74, 6) is 0.192. The number of hydrogen-bond donors (Lipinski definition) is 1. The number of piperidine rings is 1. The zero-order valence-corrected chi connectivity index (χ0v) is 20.1. The molecule has 174 valence electrons. The topological polar surface area (TPSA) is 62.6 Å². The Labute approximate surface area is 195 Å². The summed E-state index contributed by atoms with van der Waals surface area (Å²) in [6.45, 7) is 10.7. The number of rotatable bonds is 6. The van der Waals surface area contributed by atoms with E-state index >= 15 is 0 Å². The van der Waals surface area contributed by atoms with Crippen molar-refractivity contribution in [2.45, 2.75) is 58.9 Å². The predicted octanol–water partition coefficient (Wildman–Crippen LogP) is 5.49. The molecule has 1 fully saturated rings. The van der Waals surface area contributed by atoms with Crippen molar-refractivity contribution >= 4 is 16.9 Å². The first-order valence-corrected chi connectivity index (χ1v) is 12.0. The largest absolute Gasteiger partial charge is 0.450 e. The minimum Gasteiger partial charge on any atom is -0.450 e. The van der Waals surface area contributed by atoms with Crippen molar-refractivity contribution in [1.29, 1.82) is 0 Å². The van der Waals surface area contributed by atoms with Crippen LogP contribution in [0.2, 0.25) is 0 Å². The number of hydrogen-bond acceptors (Lipinski definition) is 4. The van der Waals surface area contributed by atoms with E-state index in [9.17, 15) is 9.59 Å². The van der Waals surface area contributed by atoms with Crippen LogP contribution >= 0.6 is 0 Å². The van der Waals surface area contributed by atoms with E-state index in [1.165, 1.54) is 36.5 Å². The number of nitrogens with one attached hydrogen (secondary N) is 1. The Kier molecular flexibility index (Phi) is 6.99. The molecule has 0 radical (unpaired) electrons. The van der Waals surface area contributed by atoms with Crippen molar-refractivity contribution in [2.24, 2.45) is 0 Å². The third-order valence-corrected chi connectivity index (χ3v) is 6.66. The van der Waals surface area contributed by atoms with Gasteiger partial charge in [0.25, 0.3) is 5.91 Å². The predicted molar refractivity (Wildman–Crippen MR) is 133 cm³/mol. The van der Waals surface area contributed by atoms with Gasteiger partial charge in [-0.1, -0.05) is 50.6 Å². The molecule has 1 aliphatic heterocycles. The van der Waals surface area contributed by atoms with Crippen LogP contribution in [0, 0.1) is 13.8 Å². The molecular weight excluding hydrogens is 412 g/mol. The molecule has 1 unspecified atom stereocenters. The average molecular weight is 447 g/mol. The third-order valence-electron chi connectivity index (χ3n) is 6.66. The van der Waals surface area contributed by atoms with Gasteiger partial charge in [0, 0.05) is 12.6 Å². The molecule has 0 aliphatic carbocycles. The van der Waals surface area contributed by atoms with Crippen LogP contribution in [0.25, 0.3) is 11.0 Å². The van der Waals surface area contributed by atoms with Crippen LogP contribution in [0.1, 0.15) is 77.9 Å². The Morgan fingerprint density at radius 3 is 2.33 bits per heavy atom. The zero-order chi connectivity index (χ0) is 23.5. The van der Waals surface area contributed by atoms with E-state index in [1.54, 1.807) is 0 Å². The van der Waals surface area contributed by atoms with E-state index in [1.807, 2.05) is 26.0 Å². The summed E-state index contributed by atoms with van der Waals surface area (Å²) in [4.78, 5) is 28.1. The van der Waals surface area contributed by atoms with Gasteiger partial charge in [-0.2, -0.15) is 0 Å². The highest BCUT2D eigenvalue weighted by Crippen LogP contribution is 2.26. The van der Waals surface area contributed by atoms with Gasteiger partial charge in [-0.25, -0.2) is 0 Å².